The number of methoxy groups -OCH3 is 1. The number of Topliss-reactive ketones (excluding diaryl/α,β-unsaturated/α-hetero) is 1. The van der Waals surface area contributed by atoms with E-state index in [-0.39, 0.29) is 18.6 Å². The molecule has 1 aliphatic rings. The molecule has 0 atom stereocenters. The van der Waals surface area contributed by atoms with Gasteiger partial charge in [0.05, 0.1) is 38.5 Å². The number of ether oxygens (including phenoxy) is 2. The number of nitriles is 1. The van der Waals surface area contributed by atoms with E-state index in [9.17, 15) is 4.79 Å². The lowest BCUT2D eigenvalue weighted by molar-refractivity contribution is -0.117. The maximum absolute atomic E-state index is 11.9. The van der Waals surface area contributed by atoms with Gasteiger partial charge in [0.2, 0.25) is 0 Å². The number of hydrogen-bond donors (Lipinski definition) is 0. The molecule has 0 radical (unpaired) electrons. The quantitative estimate of drug-likeness (QED) is 0.508. The number of anilines is 1. The van der Waals surface area contributed by atoms with Gasteiger partial charge in [-0.25, -0.2) is 9.97 Å². The number of rotatable bonds is 8. The largest absolute Gasteiger partial charge is 0.496 e. The summed E-state index contributed by atoms with van der Waals surface area (Å²) in [6.07, 6.45) is 2.54. The second-order valence-electron chi connectivity index (χ2n) is 8.34. The van der Waals surface area contributed by atoms with Crippen LogP contribution in [0.25, 0.3) is 11.3 Å². The number of nitrogens with zero attached hydrogens (tertiary/aromatic N) is 4. The highest BCUT2D eigenvalue weighted by Crippen LogP contribution is 2.29. The molecule has 2 aromatic carbocycles. The average Bonchev–Trinajstić information content (AvgIpc) is 2.86. The van der Waals surface area contributed by atoms with Crippen LogP contribution < -0.4 is 9.64 Å². The minimum absolute atomic E-state index is 0.104. The normalized spacial score (nSPS) is 13.4. The highest BCUT2D eigenvalue weighted by atomic mass is 16.5. The van der Waals surface area contributed by atoms with Crippen LogP contribution in [0.4, 0.5) is 5.69 Å². The van der Waals surface area contributed by atoms with Gasteiger partial charge in [-0.05, 0) is 36.2 Å². The number of benzene rings is 2. The smallest absolute Gasteiger partial charge is 0.151 e. The maximum Gasteiger partial charge on any atom is 0.151 e. The summed E-state index contributed by atoms with van der Waals surface area (Å²) in [5, 5.41) is 8.75. The first kappa shape index (κ1) is 23.4. The second-order valence-corrected chi connectivity index (χ2v) is 8.34. The zero-order chi connectivity index (χ0) is 23.9. The molecular weight excluding hydrogens is 428 g/mol. The van der Waals surface area contributed by atoms with Crippen LogP contribution in [-0.2, 0) is 22.4 Å². The first-order chi connectivity index (χ1) is 16.6. The molecule has 1 aliphatic heterocycles. The van der Waals surface area contributed by atoms with Gasteiger partial charge in [0, 0.05) is 48.9 Å². The summed E-state index contributed by atoms with van der Waals surface area (Å²) < 4.78 is 11.0. The fourth-order valence-electron chi connectivity index (χ4n) is 4.09. The van der Waals surface area contributed by atoms with Crippen LogP contribution in [0.5, 0.6) is 5.75 Å². The minimum Gasteiger partial charge on any atom is -0.496 e. The first-order valence-electron chi connectivity index (χ1n) is 11.4. The zero-order valence-corrected chi connectivity index (χ0v) is 19.6. The Morgan fingerprint density at radius 1 is 1.18 bits per heavy atom. The molecule has 0 unspecified atom stereocenters. The topological polar surface area (TPSA) is 88.3 Å². The van der Waals surface area contributed by atoms with E-state index in [0.29, 0.717) is 12.2 Å². The number of aromatic nitrogens is 2. The number of morpholine rings is 1. The molecule has 0 bridgehead atoms. The van der Waals surface area contributed by atoms with Gasteiger partial charge >= 0.3 is 0 Å². The molecule has 0 spiro atoms. The van der Waals surface area contributed by atoms with Crippen molar-refractivity contribution < 1.29 is 14.3 Å². The monoisotopic (exact) mass is 456 g/mol. The lowest BCUT2D eigenvalue weighted by atomic mass is 10.0. The van der Waals surface area contributed by atoms with Crippen molar-refractivity contribution in [3.05, 3.63) is 71.2 Å². The number of carbonyl (C=O) groups excluding carboxylic acids is 1. The highest BCUT2D eigenvalue weighted by molar-refractivity contribution is 5.83. The van der Waals surface area contributed by atoms with Crippen molar-refractivity contribution in [2.24, 2.45) is 0 Å². The first-order valence-corrected chi connectivity index (χ1v) is 11.4. The Hall–Kier alpha value is -3.76. The van der Waals surface area contributed by atoms with Gasteiger partial charge in [0.15, 0.2) is 5.78 Å². The van der Waals surface area contributed by atoms with Gasteiger partial charge in [-0.3, -0.25) is 4.79 Å². The molecule has 0 saturated carbocycles. The molecule has 0 N–H and O–H groups in total. The van der Waals surface area contributed by atoms with E-state index in [1.54, 1.807) is 7.11 Å². The summed E-state index contributed by atoms with van der Waals surface area (Å²) in [5.74, 6) is 1.22. The predicted molar refractivity (Wildman–Crippen MR) is 130 cm³/mol. The third-order valence-electron chi connectivity index (χ3n) is 5.92. The molecule has 2 heterocycles. The van der Waals surface area contributed by atoms with E-state index in [1.807, 2.05) is 37.4 Å². The molecule has 174 valence electrons. The van der Waals surface area contributed by atoms with E-state index < -0.39 is 0 Å². The second kappa shape index (κ2) is 10.9. The van der Waals surface area contributed by atoms with Crippen molar-refractivity contribution in [3.63, 3.8) is 0 Å². The van der Waals surface area contributed by atoms with Gasteiger partial charge in [-0.1, -0.05) is 24.3 Å². The molecule has 1 fully saturated rings. The number of carbonyl (C=O) groups is 1. The van der Waals surface area contributed by atoms with Crippen LogP contribution in [0.3, 0.4) is 0 Å². The highest BCUT2D eigenvalue weighted by Gasteiger charge is 2.14. The molecule has 4 rings (SSSR count). The fraction of sp³-hybridized carbons (Fsp3) is 0.333. The summed E-state index contributed by atoms with van der Waals surface area (Å²) in [5.41, 5.74) is 5.81. The van der Waals surface area contributed by atoms with Crippen molar-refractivity contribution in [2.75, 3.05) is 38.3 Å². The van der Waals surface area contributed by atoms with Gasteiger partial charge in [-0.15, -0.1) is 0 Å². The number of ketones is 1. The van der Waals surface area contributed by atoms with Crippen molar-refractivity contribution in [1.29, 1.82) is 5.26 Å². The van der Waals surface area contributed by atoms with Crippen LogP contribution in [0.1, 0.15) is 28.9 Å². The molecule has 34 heavy (non-hydrogen) atoms. The standard InChI is InChI=1S/C27H28N4O3/c1-19-18-29-26(15-20-3-7-23(8-4-20)31-11-13-34-14-12-31)30-27(19)22-6-5-21(25(17-22)33-2)16-24(32)9-10-28/h3-8,17-18H,9,11-16H2,1-2H3. The number of aryl methyl sites for hydroxylation is 1. The molecule has 3 aromatic rings. The van der Waals surface area contributed by atoms with Crippen LogP contribution in [0, 0.1) is 18.3 Å². The Labute approximate surface area is 200 Å². The molecule has 0 aliphatic carbocycles. The van der Waals surface area contributed by atoms with E-state index in [1.165, 1.54) is 5.69 Å². The summed E-state index contributed by atoms with van der Waals surface area (Å²) in [7, 11) is 1.58. The fourth-order valence-corrected chi connectivity index (χ4v) is 4.09. The van der Waals surface area contributed by atoms with E-state index in [0.717, 1.165) is 60.1 Å². The van der Waals surface area contributed by atoms with Gasteiger partial charge in [-0.2, -0.15) is 5.26 Å². The van der Waals surface area contributed by atoms with Crippen molar-refractivity contribution in [2.45, 2.75) is 26.2 Å². The van der Waals surface area contributed by atoms with Gasteiger partial charge in [0.1, 0.15) is 11.6 Å². The Balaban J connectivity index is 1.53. The van der Waals surface area contributed by atoms with Crippen LogP contribution in [-0.4, -0.2) is 49.2 Å². The SMILES string of the molecule is COc1cc(-c2nc(Cc3ccc(N4CCOCC4)cc3)ncc2C)ccc1CC(=O)CC#N. The van der Waals surface area contributed by atoms with E-state index in [2.05, 4.69) is 34.1 Å². The Morgan fingerprint density at radius 3 is 2.65 bits per heavy atom. The van der Waals surface area contributed by atoms with Gasteiger partial charge < -0.3 is 14.4 Å². The van der Waals surface area contributed by atoms with Crippen molar-refractivity contribution in [1.82, 2.24) is 9.97 Å². The summed E-state index contributed by atoms with van der Waals surface area (Å²) in [6, 6.07) is 16.2. The third kappa shape index (κ3) is 5.59. The van der Waals surface area contributed by atoms with Crippen LogP contribution >= 0.6 is 0 Å². The summed E-state index contributed by atoms with van der Waals surface area (Å²) in [4.78, 5) is 23.6. The van der Waals surface area contributed by atoms with E-state index in [4.69, 9.17) is 19.7 Å². The minimum atomic E-state index is -0.131. The van der Waals surface area contributed by atoms with Crippen LogP contribution in [0.2, 0.25) is 0 Å². The maximum atomic E-state index is 11.9. The van der Waals surface area contributed by atoms with E-state index >= 15 is 0 Å². The summed E-state index contributed by atoms with van der Waals surface area (Å²) in [6.45, 7) is 5.34. The Bertz CT molecular complexity index is 1200. The predicted octanol–water partition coefficient (Wildman–Crippen LogP) is 3.91. The molecule has 0 amide bonds. The third-order valence-corrected chi connectivity index (χ3v) is 5.92. The molecule has 1 aromatic heterocycles. The van der Waals surface area contributed by atoms with Gasteiger partial charge in [0.25, 0.3) is 0 Å². The zero-order valence-electron chi connectivity index (χ0n) is 19.6. The molecule has 1 saturated heterocycles. The molecule has 7 nitrogen and oxygen atoms in total. The van der Waals surface area contributed by atoms with Crippen LogP contribution in [0.15, 0.2) is 48.7 Å². The number of hydrogen-bond acceptors (Lipinski definition) is 7. The lowest BCUT2D eigenvalue weighted by Gasteiger charge is -2.28. The Kier molecular flexibility index (Phi) is 7.51. The molecule has 7 heteroatoms. The van der Waals surface area contributed by atoms with Crippen molar-refractivity contribution in [3.8, 4) is 23.1 Å². The summed E-state index contributed by atoms with van der Waals surface area (Å²) >= 11 is 0. The average molecular weight is 457 g/mol. The molecular formula is C27H28N4O3. The lowest BCUT2D eigenvalue weighted by Crippen LogP contribution is -2.36. The Morgan fingerprint density at radius 2 is 1.94 bits per heavy atom. The van der Waals surface area contributed by atoms with Crippen molar-refractivity contribution >= 4 is 11.5 Å².